The van der Waals surface area contributed by atoms with Crippen LogP contribution in [0.4, 0.5) is 0 Å². The minimum absolute atomic E-state index is 0.0667. The van der Waals surface area contributed by atoms with E-state index in [2.05, 4.69) is 34.2 Å². The highest BCUT2D eigenvalue weighted by atomic mass is 32.2. The minimum atomic E-state index is 0.0667. The number of benzene rings is 1. The van der Waals surface area contributed by atoms with E-state index in [1.165, 1.54) is 22.2 Å². The molecule has 0 aliphatic heterocycles. The van der Waals surface area contributed by atoms with Gasteiger partial charge in [0.1, 0.15) is 0 Å². The summed E-state index contributed by atoms with van der Waals surface area (Å²) in [6.07, 6.45) is 1.01. The van der Waals surface area contributed by atoms with Gasteiger partial charge in [0.25, 0.3) is 0 Å². The first kappa shape index (κ1) is 17.7. The van der Waals surface area contributed by atoms with Gasteiger partial charge in [0, 0.05) is 17.5 Å². The minimum Gasteiger partial charge on any atom is -0.340 e. The van der Waals surface area contributed by atoms with E-state index in [9.17, 15) is 4.79 Å². The number of thiophene rings is 1. The molecule has 2 aromatic heterocycles. The third-order valence-corrected chi connectivity index (χ3v) is 5.52. The zero-order valence-corrected chi connectivity index (χ0v) is 15.9. The molecule has 0 unspecified atom stereocenters. The highest BCUT2D eigenvalue weighted by molar-refractivity contribution is 7.99. The maximum atomic E-state index is 12.2. The molecule has 0 saturated heterocycles. The maximum Gasteiger partial charge on any atom is 0.233 e. The number of thioether (sulfide) groups is 1. The van der Waals surface area contributed by atoms with E-state index < -0.39 is 0 Å². The molecule has 0 aliphatic rings. The lowest BCUT2D eigenvalue weighted by Gasteiger charge is -2.15. The van der Waals surface area contributed by atoms with Gasteiger partial charge in [0.2, 0.25) is 11.1 Å². The number of nitrogens with zero attached hydrogens (tertiary/aromatic N) is 3. The van der Waals surface area contributed by atoms with Gasteiger partial charge in [0.15, 0.2) is 5.82 Å². The van der Waals surface area contributed by atoms with Crippen molar-refractivity contribution in [2.45, 2.75) is 25.0 Å². The quantitative estimate of drug-likeness (QED) is 0.640. The van der Waals surface area contributed by atoms with Crippen molar-refractivity contribution >= 4 is 29.0 Å². The van der Waals surface area contributed by atoms with E-state index in [-0.39, 0.29) is 5.91 Å². The first-order valence-electron chi connectivity index (χ1n) is 8.06. The fraction of sp³-hybridized carbons (Fsp3) is 0.278. The van der Waals surface area contributed by atoms with Crippen LogP contribution in [0.2, 0.25) is 0 Å². The van der Waals surface area contributed by atoms with E-state index in [0.29, 0.717) is 17.5 Å². The Morgan fingerprint density at radius 2 is 2.08 bits per heavy atom. The van der Waals surface area contributed by atoms with Crippen molar-refractivity contribution in [2.24, 2.45) is 0 Å². The zero-order valence-electron chi connectivity index (χ0n) is 14.2. The third-order valence-electron chi connectivity index (χ3n) is 3.82. The molecular formula is C18H20N4OS2. The number of carbonyl (C=O) groups excluding carboxylic acids is 1. The number of aryl methyl sites for hydroxylation is 1. The van der Waals surface area contributed by atoms with Crippen LogP contribution < -0.4 is 0 Å². The van der Waals surface area contributed by atoms with Gasteiger partial charge in [-0.25, -0.2) is 4.98 Å². The number of amides is 1. The van der Waals surface area contributed by atoms with Crippen LogP contribution >= 0.6 is 23.1 Å². The Morgan fingerprint density at radius 3 is 2.76 bits per heavy atom. The molecule has 1 N–H and O–H groups in total. The molecule has 1 aromatic carbocycles. The summed E-state index contributed by atoms with van der Waals surface area (Å²) in [4.78, 5) is 19.6. The fourth-order valence-corrected chi connectivity index (χ4v) is 3.80. The van der Waals surface area contributed by atoms with Crippen LogP contribution in [0.25, 0.3) is 11.4 Å². The molecule has 3 rings (SSSR count). The summed E-state index contributed by atoms with van der Waals surface area (Å²) in [5.74, 6) is 1.12. The average molecular weight is 373 g/mol. The molecule has 0 radical (unpaired) electrons. The molecule has 0 bridgehead atoms. The lowest BCUT2D eigenvalue weighted by molar-refractivity contribution is -0.127. The van der Waals surface area contributed by atoms with Crippen LogP contribution in [0, 0.1) is 0 Å². The molecule has 7 heteroatoms. The van der Waals surface area contributed by atoms with Gasteiger partial charge >= 0.3 is 0 Å². The first-order chi connectivity index (χ1) is 12.2. The van der Waals surface area contributed by atoms with Crippen LogP contribution in [0.3, 0.4) is 0 Å². The second-order valence-electron chi connectivity index (χ2n) is 5.63. The number of nitrogens with one attached hydrogen (secondary N) is 1. The van der Waals surface area contributed by atoms with E-state index in [1.807, 2.05) is 36.7 Å². The predicted octanol–water partition coefficient (Wildman–Crippen LogP) is 3.85. The largest absolute Gasteiger partial charge is 0.340 e. The molecule has 0 atom stereocenters. The predicted molar refractivity (Wildman–Crippen MR) is 103 cm³/mol. The molecule has 3 aromatic rings. The Hall–Kier alpha value is -2.12. The standard InChI is InChI=1S/C18H20N4OS2/c1-3-13-6-8-14(9-7-13)17-19-18(21-20-17)25-12-16(23)22(2)11-15-5-4-10-24-15/h4-10H,3,11-12H2,1-2H3,(H,19,20,21). The lowest BCUT2D eigenvalue weighted by Crippen LogP contribution is -2.27. The highest BCUT2D eigenvalue weighted by Crippen LogP contribution is 2.20. The second kappa shape index (κ2) is 8.31. The van der Waals surface area contributed by atoms with Gasteiger partial charge in [-0.05, 0) is 23.4 Å². The number of hydrogen-bond donors (Lipinski definition) is 1. The highest BCUT2D eigenvalue weighted by Gasteiger charge is 2.13. The summed E-state index contributed by atoms with van der Waals surface area (Å²) in [6, 6.07) is 12.3. The summed E-state index contributed by atoms with van der Waals surface area (Å²) >= 11 is 3.01. The van der Waals surface area contributed by atoms with Crippen LogP contribution in [0.15, 0.2) is 46.9 Å². The smallest absolute Gasteiger partial charge is 0.233 e. The van der Waals surface area contributed by atoms with Gasteiger partial charge in [-0.1, -0.05) is 49.0 Å². The van der Waals surface area contributed by atoms with Gasteiger partial charge in [-0.3, -0.25) is 9.89 Å². The average Bonchev–Trinajstić information content (AvgIpc) is 3.31. The number of hydrogen-bond acceptors (Lipinski definition) is 5. The van der Waals surface area contributed by atoms with Crippen molar-refractivity contribution < 1.29 is 4.79 Å². The molecule has 0 saturated carbocycles. The van der Waals surface area contributed by atoms with E-state index in [0.717, 1.165) is 17.8 Å². The molecule has 1 amide bonds. The van der Waals surface area contributed by atoms with Crippen LogP contribution in [-0.2, 0) is 17.8 Å². The van der Waals surface area contributed by atoms with E-state index in [4.69, 9.17) is 0 Å². The number of H-pyrrole nitrogens is 1. The normalized spacial score (nSPS) is 10.8. The molecule has 130 valence electrons. The summed E-state index contributed by atoms with van der Waals surface area (Å²) in [6.45, 7) is 2.77. The Labute approximate surface area is 155 Å². The van der Waals surface area contributed by atoms with Gasteiger partial charge in [-0.2, -0.15) is 0 Å². The summed E-state index contributed by atoms with van der Waals surface area (Å²) in [5.41, 5.74) is 2.29. The van der Waals surface area contributed by atoms with Crippen LogP contribution in [0.5, 0.6) is 0 Å². The number of aromatic amines is 1. The van der Waals surface area contributed by atoms with Gasteiger partial charge < -0.3 is 4.90 Å². The summed E-state index contributed by atoms with van der Waals surface area (Å²) in [5, 5.41) is 9.75. The molecule has 0 spiro atoms. The second-order valence-corrected chi connectivity index (χ2v) is 7.61. The Morgan fingerprint density at radius 1 is 1.28 bits per heavy atom. The molecule has 0 fully saturated rings. The van der Waals surface area contributed by atoms with E-state index in [1.54, 1.807) is 16.2 Å². The van der Waals surface area contributed by atoms with Gasteiger partial charge in [0.05, 0.1) is 12.3 Å². The van der Waals surface area contributed by atoms with Crippen molar-refractivity contribution in [3.05, 3.63) is 52.2 Å². The lowest BCUT2D eigenvalue weighted by atomic mass is 10.1. The monoisotopic (exact) mass is 372 g/mol. The first-order valence-corrected chi connectivity index (χ1v) is 9.93. The molecule has 2 heterocycles. The van der Waals surface area contributed by atoms with Gasteiger partial charge in [-0.15, -0.1) is 16.4 Å². The Balaban J connectivity index is 1.55. The summed E-state index contributed by atoms with van der Waals surface area (Å²) < 4.78 is 0. The molecular weight excluding hydrogens is 352 g/mol. The van der Waals surface area contributed by atoms with Crippen LogP contribution in [0.1, 0.15) is 17.4 Å². The van der Waals surface area contributed by atoms with Crippen molar-refractivity contribution in [1.82, 2.24) is 20.1 Å². The number of aromatic nitrogens is 3. The van der Waals surface area contributed by atoms with Crippen molar-refractivity contribution in [3.8, 4) is 11.4 Å². The number of carbonyl (C=O) groups is 1. The summed E-state index contributed by atoms with van der Waals surface area (Å²) in [7, 11) is 1.82. The third kappa shape index (κ3) is 4.70. The van der Waals surface area contributed by atoms with Crippen LogP contribution in [-0.4, -0.2) is 38.8 Å². The fourth-order valence-electron chi connectivity index (χ4n) is 2.30. The van der Waals surface area contributed by atoms with Crippen molar-refractivity contribution in [2.75, 3.05) is 12.8 Å². The molecule has 25 heavy (non-hydrogen) atoms. The Kier molecular flexibility index (Phi) is 5.88. The number of rotatable bonds is 7. The Bertz CT molecular complexity index is 812. The topological polar surface area (TPSA) is 61.9 Å². The van der Waals surface area contributed by atoms with Crippen molar-refractivity contribution in [1.29, 1.82) is 0 Å². The van der Waals surface area contributed by atoms with E-state index >= 15 is 0 Å². The van der Waals surface area contributed by atoms with Crippen molar-refractivity contribution in [3.63, 3.8) is 0 Å². The SMILES string of the molecule is CCc1ccc(-c2nc(SCC(=O)N(C)Cc3cccs3)n[nH]2)cc1. The molecule has 5 nitrogen and oxygen atoms in total. The molecule has 0 aliphatic carbocycles. The maximum absolute atomic E-state index is 12.2. The zero-order chi connectivity index (χ0) is 17.6.